The minimum Gasteiger partial charge on any atom is -0.465 e. The Balaban J connectivity index is 1.71. The minimum absolute atomic E-state index is 0.0679. The van der Waals surface area contributed by atoms with Gasteiger partial charge in [0.2, 0.25) is 11.8 Å². The molecule has 4 aliphatic heterocycles. The summed E-state index contributed by atoms with van der Waals surface area (Å²) in [6, 6.07) is 7.69. The van der Waals surface area contributed by atoms with Crippen LogP contribution in [0.15, 0.2) is 54.6 Å². The average Bonchev–Trinajstić information content (AvgIpc) is 3.20. The van der Waals surface area contributed by atoms with Crippen molar-refractivity contribution >= 4 is 29.5 Å². The molecule has 2 saturated heterocycles. The zero-order chi connectivity index (χ0) is 25.7. The van der Waals surface area contributed by atoms with E-state index in [4.69, 9.17) is 4.74 Å². The van der Waals surface area contributed by atoms with Gasteiger partial charge >= 0.3 is 5.97 Å². The van der Waals surface area contributed by atoms with Gasteiger partial charge in [0.1, 0.15) is 6.04 Å². The molecule has 0 saturated carbocycles. The molecule has 6 atom stereocenters. The molecule has 192 valence electrons. The summed E-state index contributed by atoms with van der Waals surface area (Å²) >= 11 is 1.53. The predicted molar refractivity (Wildman–Crippen MR) is 138 cm³/mol. The van der Waals surface area contributed by atoms with E-state index in [0.29, 0.717) is 13.2 Å². The van der Waals surface area contributed by atoms with Gasteiger partial charge in [-0.2, -0.15) is 0 Å². The summed E-state index contributed by atoms with van der Waals surface area (Å²) in [6.07, 6.45) is 9.59. The van der Waals surface area contributed by atoms with Crippen molar-refractivity contribution in [3.05, 3.63) is 60.2 Å². The van der Waals surface area contributed by atoms with Gasteiger partial charge < -0.3 is 19.6 Å². The minimum atomic E-state index is -0.956. The van der Waals surface area contributed by atoms with Crippen LogP contribution in [0.2, 0.25) is 0 Å². The van der Waals surface area contributed by atoms with Crippen LogP contribution in [0, 0.1) is 11.8 Å². The molecule has 4 heterocycles. The Bertz CT molecular complexity index is 1100. The number of thioether (sulfide) groups is 1. The first-order valence-electron chi connectivity index (χ1n) is 12.8. The van der Waals surface area contributed by atoms with E-state index in [1.165, 1.54) is 11.8 Å². The molecule has 0 aromatic heterocycles. The number of likely N-dealkylation sites (tertiary alicyclic amines) is 1. The normalized spacial score (nSPS) is 35.8. The van der Waals surface area contributed by atoms with Crippen LogP contribution >= 0.6 is 11.8 Å². The molecule has 2 amide bonds. The van der Waals surface area contributed by atoms with E-state index >= 15 is 0 Å². The first-order chi connectivity index (χ1) is 17.2. The Morgan fingerprint density at radius 2 is 1.83 bits per heavy atom. The largest absolute Gasteiger partial charge is 0.465 e. The van der Waals surface area contributed by atoms with Crippen molar-refractivity contribution in [2.75, 3.05) is 19.8 Å². The van der Waals surface area contributed by atoms with Crippen molar-refractivity contribution in [2.45, 2.75) is 61.2 Å². The van der Waals surface area contributed by atoms with Crippen LogP contribution in [0.25, 0.3) is 0 Å². The molecule has 8 heteroatoms. The Labute approximate surface area is 216 Å². The molecule has 4 aliphatic rings. The topological polar surface area (TPSA) is 87.2 Å². The van der Waals surface area contributed by atoms with E-state index in [1.54, 1.807) is 9.80 Å². The van der Waals surface area contributed by atoms with Crippen molar-refractivity contribution in [1.29, 1.82) is 0 Å². The number of carbonyl (C=O) groups is 3. The van der Waals surface area contributed by atoms with Gasteiger partial charge in [-0.1, -0.05) is 54.6 Å². The summed E-state index contributed by atoms with van der Waals surface area (Å²) in [6.45, 7) is 6.32. The number of aliphatic hydroxyl groups excluding tert-OH is 1. The highest BCUT2D eigenvalue weighted by Gasteiger charge is 2.74. The van der Waals surface area contributed by atoms with E-state index in [-0.39, 0.29) is 24.5 Å². The lowest BCUT2D eigenvalue weighted by Gasteiger charge is -2.40. The number of aliphatic hydroxyl groups is 1. The summed E-state index contributed by atoms with van der Waals surface area (Å²) in [5.41, 5.74) is 0.755. The second kappa shape index (κ2) is 9.38. The number of amides is 2. The van der Waals surface area contributed by atoms with Gasteiger partial charge in [0, 0.05) is 17.3 Å². The Morgan fingerprint density at radius 1 is 1.08 bits per heavy atom. The molecule has 0 radical (unpaired) electrons. The number of carbonyl (C=O) groups excluding carboxylic acids is 3. The summed E-state index contributed by atoms with van der Waals surface area (Å²) in [5, 5.41) is 10.5. The first-order valence-corrected chi connectivity index (χ1v) is 13.6. The second-order valence-electron chi connectivity index (χ2n) is 10.6. The Hall–Kier alpha value is -2.58. The van der Waals surface area contributed by atoms with Gasteiger partial charge in [-0.05, 0) is 39.2 Å². The third kappa shape index (κ3) is 3.72. The van der Waals surface area contributed by atoms with E-state index in [0.717, 1.165) is 18.4 Å². The molecular formula is C28H34N2O5S. The number of nitrogens with zero attached hydrogens (tertiary/aromatic N) is 2. The summed E-state index contributed by atoms with van der Waals surface area (Å²) < 4.78 is 4.01. The number of benzene rings is 1. The lowest BCUT2D eigenvalue weighted by atomic mass is 9.74. The maximum absolute atomic E-state index is 14.4. The van der Waals surface area contributed by atoms with Crippen LogP contribution in [0.5, 0.6) is 0 Å². The van der Waals surface area contributed by atoms with Crippen molar-refractivity contribution in [2.24, 2.45) is 11.8 Å². The van der Waals surface area contributed by atoms with E-state index in [1.807, 2.05) is 69.3 Å². The van der Waals surface area contributed by atoms with Gasteiger partial charge in [0.25, 0.3) is 0 Å². The molecule has 36 heavy (non-hydrogen) atoms. The number of rotatable bonds is 4. The molecular weight excluding hydrogens is 476 g/mol. The monoisotopic (exact) mass is 510 g/mol. The maximum Gasteiger partial charge on any atom is 0.311 e. The van der Waals surface area contributed by atoms with Crippen LogP contribution in [0.4, 0.5) is 0 Å². The van der Waals surface area contributed by atoms with Crippen LogP contribution in [-0.2, 0) is 19.1 Å². The number of ether oxygens (including phenoxy) is 1. The molecule has 0 aliphatic carbocycles. The summed E-state index contributed by atoms with van der Waals surface area (Å²) in [7, 11) is 0. The first kappa shape index (κ1) is 25.1. The molecule has 5 rings (SSSR count). The standard InChI is InChI=1S/C28H34N2O5S/c1-18(2)29-15-10-14-28-21(22-26(34)35-16-9-5-8-13-27(22,3)36-28)24(32)30(23(28)25(29)33)20(17-31)19-11-6-4-7-12-19/h4,6-8,10-14,18,20-23,31H,5,9,15-17H2,1-3H3/b13-8-/t20-,21+,22+,23?,27-,28+/m1/s1. The van der Waals surface area contributed by atoms with Crippen molar-refractivity contribution in [3.63, 3.8) is 0 Å². The van der Waals surface area contributed by atoms with Gasteiger partial charge in [-0.15, -0.1) is 11.8 Å². The van der Waals surface area contributed by atoms with E-state index in [9.17, 15) is 19.5 Å². The molecule has 1 aromatic rings. The highest BCUT2D eigenvalue weighted by Crippen LogP contribution is 2.66. The highest BCUT2D eigenvalue weighted by molar-refractivity contribution is 8.02. The molecule has 0 bridgehead atoms. The molecule has 7 nitrogen and oxygen atoms in total. The highest BCUT2D eigenvalue weighted by atomic mass is 32.2. The average molecular weight is 511 g/mol. The number of hydrogen-bond donors (Lipinski definition) is 1. The Morgan fingerprint density at radius 3 is 2.53 bits per heavy atom. The summed E-state index contributed by atoms with van der Waals surface area (Å²) in [5.74, 6) is -2.34. The lowest BCUT2D eigenvalue weighted by Crippen LogP contribution is -2.55. The molecule has 1 N–H and O–H groups in total. The third-order valence-corrected chi connectivity index (χ3v) is 9.83. The smallest absolute Gasteiger partial charge is 0.311 e. The fraction of sp³-hybridized carbons (Fsp3) is 0.536. The van der Waals surface area contributed by atoms with Crippen LogP contribution < -0.4 is 0 Å². The van der Waals surface area contributed by atoms with Crippen LogP contribution in [-0.4, -0.2) is 74.0 Å². The van der Waals surface area contributed by atoms with Crippen LogP contribution in [0.3, 0.4) is 0 Å². The lowest BCUT2D eigenvalue weighted by molar-refractivity contribution is -0.154. The number of hydrogen-bond acceptors (Lipinski definition) is 6. The summed E-state index contributed by atoms with van der Waals surface area (Å²) in [4.78, 5) is 45.6. The predicted octanol–water partition coefficient (Wildman–Crippen LogP) is 3.11. The zero-order valence-corrected chi connectivity index (χ0v) is 21.8. The second-order valence-corrected chi connectivity index (χ2v) is 12.3. The SMILES string of the molecule is CC(C)N1CC=C[C@]23S[C@]4(C)/C=C\CCCOC(=O)[C@@H]4[C@H]2C(=O)N([C@H](CO)c2ccccc2)C3C1=O. The van der Waals surface area contributed by atoms with Gasteiger partial charge in [-0.25, -0.2) is 0 Å². The third-order valence-electron chi connectivity index (χ3n) is 8.04. The van der Waals surface area contributed by atoms with Crippen LogP contribution in [0.1, 0.15) is 45.2 Å². The molecule has 1 unspecified atom stereocenters. The maximum atomic E-state index is 14.4. The van der Waals surface area contributed by atoms with E-state index < -0.39 is 39.4 Å². The fourth-order valence-electron chi connectivity index (χ4n) is 6.42. The van der Waals surface area contributed by atoms with Crippen molar-refractivity contribution in [3.8, 4) is 0 Å². The van der Waals surface area contributed by atoms with E-state index in [2.05, 4.69) is 6.08 Å². The number of allylic oxidation sites excluding steroid dienone is 1. The van der Waals surface area contributed by atoms with Gasteiger partial charge in [-0.3, -0.25) is 14.4 Å². The molecule has 1 spiro atoms. The molecule has 1 aromatic carbocycles. The number of fused-ring (bicyclic) bond motifs is 2. The Kier molecular flexibility index (Phi) is 6.53. The number of cyclic esters (lactones) is 1. The van der Waals surface area contributed by atoms with Gasteiger partial charge in [0.15, 0.2) is 0 Å². The number of esters is 1. The zero-order valence-electron chi connectivity index (χ0n) is 21.0. The molecule has 2 fully saturated rings. The van der Waals surface area contributed by atoms with Crippen molar-refractivity contribution in [1.82, 2.24) is 9.80 Å². The fourth-order valence-corrected chi connectivity index (χ4v) is 8.56. The quantitative estimate of drug-likeness (QED) is 0.495. The van der Waals surface area contributed by atoms with Crippen molar-refractivity contribution < 1.29 is 24.2 Å². The van der Waals surface area contributed by atoms with Gasteiger partial charge in [0.05, 0.1) is 35.8 Å².